The molecule has 0 unspecified atom stereocenters. The van der Waals surface area contributed by atoms with Crippen LogP contribution in [0.4, 0.5) is 5.82 Å². The second-order valence-electron chi connectivity index (χ2n) is 6.88. The topological polar surface area (TPSA) is 96.1 Å². The first-order chi connectivity index (χ1) is 13.1. The first-order valence-electron chi connectivity index (χ1n) is 8.84. The van der Waals surface area contributed by atoms with Crippen LogP contribution in [0, 0.1) is 0 Å². The van der Waals surface area contributed by atoms with E-state index in [0.717, 1.165) is 12.8 Å². The van der Waals surface area contributed by atoms with Crippen LogP contribution in [-0.2, 0) is 6.42 Å². The molecule has 3 heterocycles. The van der Waals surface area contributed by atoms with Crippen LogP contribution in [0.3, 0.4) is 0 Å². The van der Waals surface area contributed by atoms with Gasteiger partial charge in [-0.3, -0.25) is 4.57 Å². The molecule has 2 aromatic heterocycles. The second-order valence-corrected chi connectivity index (χ2v) is 8.37. The summed E-state index contributed by atoms with van der Waals surface area (Å²) in [6.07, 6.45) is 1.99. The zero-order chi connectivity index (χ0) is 18.5. The van der Waals surface area contributed by atoms with E-state index >= 15 is 0 Å². The number of hydrogen-bond donors (Lipinski definition) is 3. The Hall–Kier alpha value is -1.87. The minimum absolute atomic E-state index is 0.121. The van der Waals surface area contributed by atoms with Gasteiger partial charge in [-0.1, -0.05) is 24.3 Å². The van der Waals surface area contributed by atoms with Crippen LogP contribution in [-0.4, -0.2) is 47.7 Å². The van der Waals surface area contributed by atoms with Crippen molar-refractivity contribution in [3.63, 3.8) is 0 Å². The number of nitrogens with zero attached hydrogens (tertiary/aromatic N) is 4. The van der Waals surface area contributed by atoms with Gasteiger partial charge in [0.1, 0.15) is 11.5 Å². The molecular weight excluding hydrogens is 386 g/mol. The summed E-state index contributed by atoms with van der Waals surface area (Å²) in [5.74, 6) is 1.05. The summed E-state index contributed by atoms with van der Waals surface area (Å²) in [7, 11) is 0. The molecule has 1 aromatic carbocycles. The highest BCUT2D eigenvalue weighted by Gasteiger charge is 2.36. The van der Waals surface area contributed by atoms with Crippen LogP contribution >= 0.6 is 23.4 Å². The molecule has 0 amide bonds. The molecule has 0 radical (unpaired) electrons. The molecule has 0 spiro atoms. The van der Waals surface area contributed by atoms with Crippen molar-refractivity contribution in [1.82, 2.24) is 19.5 Å². The summed E-state index contributed by atoms with van der Waals surface area (Å²) < 4.78 is 1.77. The number of aliphatic hydroxyl groups excluding tert-OH is 2. The highest BCUT2D eigenvalue weighted by Crippen LogP contribution is 2.39. The summed E-state index contributed by atoms with van der Waals surface area (Å²) >= 11 is 7.65. The minimum atomic E-state index is -0.876. The number of hydrogen-bond acceptors (Lipinski definition) is 7. The smallest absolute Gasteiger partial charge is 0.226 e. The minimum Gasteiger partial charge on any atom is -0.389 e. The van der Waals surface area contributed by atoms with Gasteiger partial charge in [-0.25, -0.2) is 4.98 Å². The average molecular weight is 404 g/mol. The number of thioether (sulfide) groups is 1. The number of rotatable bonds is 3. The Kier molecular flexibility index (Phi) is 4.23. The number of aryl methyl sites for hydroxylation is 1. The van der Waals surface area contributed by atoms with E-state index in [4.69, 9.17) is 11.6 Å². The van der Waals surface area contributed by atoms with Crippen LogP contribution in [0.25, 0.3) is 11.2 Å². The van der Waals surface area contributed by atoms with Crippen molar-refractivity contribution < 1.29 is 10.2 Å². The Morgan fingerprint density at radius 3 is 2.89 bits per heavy atom. The lowest BCUT2D eigenvalue weighted by Gasteiger charge is -2.18. The molecule has 0 bridgehead atoms. The fourth-order valence-electron chi connectivity index (χ4n) is 3.88. The Labute approximate surface area is 164 Å². The third-order valence-electron chi connectivity index (χ3n) is 5.24. The van der Waals surface area contributed by atoms with Gasteiger partial charge in [-0.05, 0) is 35.6 Å². The van der Waals surface area contributed by atoms with Crippen LogP contribution in [0.5, 0.6) is 0 Å². The van der Waals surface area contributed by atoms with E-state index in [1.54, 1.807) is 10.9 Å². The summed E-state index contributed by atoms with van der Waals surface area (Å²) in [6.45, 7) is 0. The zero-order valence-corrected chi connectivity index (χ0v) is 15.9. The van der Waals surface area contributed by atoms with E-state index in [-0.39, 0.29) is 16.7 Å². The fraction of sp³-hybridized carbons (Fsp3) is 0.389. The summed E-state index contributed by atoms with van der Waals surface area (Å²) in [5, 5.41) is 23.4. The van der Waals surface area contributed by atoms with Gasteiger partial charge in [-0.2, -0.15) is 9.97 Å². The monoisotopic (exact) mass is 403 g/mol. The maximum absolute atomic E-state index is 10.3. The molecule has 140 valence electrons. The van der Waals surface area contributed by atoms with Crippen molar-refractivity contribution >= 4 is 40.3 Å². The largest absolute Gasteiger partial charge is 0.389 e. The number of fused-ring (bicyclic) bond motifs is 2. The van der Waals surface area contributed by atoms with E-state index in [1.165, 1.54) is 22.9 Å². The zero-order valence-electron chi connectivity index (χ0n) is 14.3. The SMILES string of the molecule is O[C@@H]1[C@H](O)CS[C@H]1n1cnc2c(N[C@H]3CCc4ccccc43)nc(Cl)nc21. The molecule has 1 saturated heterocycles. The lowest BCUT2D eigenvalue weighted by molar-refractivity contribution is 0.0313. The lowest BCUT2D eigenvalue weighted by atomic mass is 10.1. The number of nitrogens with one attached hydrogen (secondary N) is 1. The van der Waals surface area contributed by atoms with E-state index in [2.05, 4.69) is 38.5 Å². The molecule has 1 fully saturated rings. The number of aromatic nitrogens is 4. The van der Waals surface area contributed by atoms with Crippen molar-refractivity contribution in [3.8, 4) is 0 Å². The summed E-state index contributed by atoms with van der Waals surface area (Å²) in [6, 6.07) is 8.53. The van der Waals surface area contributed by atoms with Gasteiger partial charge < -0.3 is 15.5 Å². The highest BCUT2D eigenvalue weighted by atomic mass is 35.5. The van der Waals surface area contributed by atoms with Crippen LogP contribution in [0.15, 0.2) is 30.6 Å². The predicted octanol–water partition coefficient (Wildman–Crippen LogP) is 2.55. The van der Waals surface area contributed by atoms with Gasteiger partial charge in [0.2, 0.25) is 5.28 Å². The van der Waals surface area contributed by atoms with Crippen LogP contribution in [0.1, 0.15) is 29.0 Å². The third-order valence-corrected chi connectivity index (χ3v) is 6.79. The Balaban J connectivity index is 1.53. The fourth-order valence-corrected chi connectivity index (χ4v) is 5.33. The Bertz CT molecular complexity index is 1010. The molecule has 3 aromatic rings. The molecule has 2 aliphatic rings. The highest BCUT2D eigenvalue weighted by molar-refractivity contribution is 7.99. The molecule has 1 aliphatic carbocycles. The molecular formula is C18H18ClN5O2S. The number of aliphatic hydroxyl groups is 2. The van der Waals surface area contributed by atoms with Gasteiger partial charge in [0.05, 0.1) is 18.5 Å². The first-order valence-corrected chi connectivity index (χ1v) is 10.3. The van der Waals surface area contributed by atoms with E-state index in [1.807, 2.05) is 6.07 Å². The lowest BCUT2D eigenvalue weighted by Crippen LogP contribution is -2.27. The molecule has 7 nitrogen and oxygen atoms in total. The van der Waals surface area contributed by atoms with Crippen molar-refractivity contribution in [2.45, 2.75) is 36.5 Å². The maximum Gasteiger partial charge on any atom is 0.226 e. The average Bonchev–Trinajstić information content (AvgIpc) is 3.34. The van der Waals surface area contributed by atoms with Gasteiger partial charge in [0, 0.05) is 5.75 Å². The molecule has 5 rings (SSSR count). The summed E-state index contributed by atoms with van der Waals surface area (Å²) in [5.41, 5.74) is 3.77. The molecule has 9 heteroatoms. The van der Waals surface area contributed by atoms with E-state index < -0.39 is 12.2 Å². The van der Waals surface area contributed by atoms with Gasteiger partial charge in [-0.15, -0.1) is 11.8 Å². The van der Waals surface area contributed by atoms with E-state index in [9.17, 15) is 10.2 Å². The van der Waals surface area contributed by atoms with Crippen molar-refractivity contribution in [2.24, 2.45) is 0 Å². The van der Waals surface area contributed by atoms with Gasteiger partial charge in [0.25, 0.3) is 0 Å². The Morgan fingerprint density at radius 2 is 2.07 bits per heavy atom. The molecule has 0 saturated carbocycles. The number of halogens is 1. The second kappa shape index (κ2) is 6.63. The number of imidazole rings is 1. The maximum atomic E-state index is 10.3. The normalized spacial score (nSPS) is 27.2. The quantitative estimate of drug-likeness (QED) is 0.578. The third kappa shape index (κ3) is 2.87. The number of benzene rings is 1. The molecule has 1 aliphatic heterocycles. The van der Waals surface area contributed by atoms with E-state index in [0.29, 0.717) is 22.7 Å². The predicted molar refractivity (Wildman–Crippen MR) is 105 cm³/mol. The molecule has 27 heavy (non-hydrogen) atoms. The standard InChI is InChI=1S/C18H18ClN5O2S/c19-18-22-15(21-11-6-5-9-3-1-2-4-10(9)11)13-16(23-18)24(8-20-13)17-14(26)12(25)7-27-17/h1-4,8,11-12,14,17,25-26H,5-7H2,(H,21,22,23)/t11-,12+,14+,17+/m0/s1. The first kappa shape index (κ1) is 17.2. The number of anilines is 1. The molecule has 3 N–H and O–H groups in total. The van der Waals surface area contributed by atoms with Gasteiger partial charge >= 0.3 is 0 Å². The molecule has 4 atom stereocenters. The van der Waals surface area contributed by atoms with Crippen molar-refractivity contribution in [2.75, 3.05) is 11.1 Å². The van der Waals surface area contributed by atoms with Crippen LogP contribution in [0.2, 0.25) is 5.28 Å². The van der Waals surface area contributed by atoms with Crippen molar-refractivity contribution in [1.29, 1.82) is 0 Å². The Morgan fingerprint density at radius 1 is 1.22 bits per heavy atom. The van der Waals surface area contributed by atoms with Gasteiger partial charge in [0.15, 0.2) is 17.0 Å². The summed E-state index contributed by atoms with van der Waals surface area (Å²) in [4.78, 5) is 13.2. The van der Waals surface area contributed by atoms with Crippen molar-refractivity contribution in [3.05, 3.63) is 47.0 Å². The van der Waals surface area contributed by atoms with Crippen LogP contribution < -0.4 is 5.32 Å².